The van der Waals surface area contributed by atoms with Gasteiger partial charge in [0.15, 0.2) is 11.5 Å². The Morgan fingerprint density at radius 2 is 1.74 bits per heavy atom. The van der Waals surface area contributed by atoms with Crippen LogP contribution in [0.3, 0.4) is 0 Å². The summed E-state index contributed by atoms with van der Waals surface area (Å²) in [6.07, 6.45) is 3.70. The number of benzene rings is 2. The predicted molar refractivity (Wildman–Crippen MR) is 151 cm³/mol. The Kier molecular flexibility index (Phi) is 7.65. The molecule has 0 bridgehead atoms. The Hall–Kier alpha value is -3.79. The summed E-state index contributed by atoms with van der Waals surface area (Å²) in [5, 5.41) is 4.46. The van der Waals surface area contributed by atoms with Gasteiger partial charge in [-0.3, -0.25) is 4.79 Å². The molecule has 0 unspecified atom stereocenters. The molecule has 0 spiro atoms. The monoisotopic (exact) mass is 594 g/mol. The zero-order chi connectivity index (χ0) is 27.7. The minimum Gasteiger partial charge on any atom is -0.497 e. The number of nitrogens with zero attached hydrogens (tertiary/aromatic N) is 4. The number of carbonyl (C=O) groups excluding carboxylic acids is 1. The number of methoxy groups -OCH3 is 3. The van der Waals surface area contributed by atoms with E-state index in [1.165, 1.54) is 0 Å². The highest BCUT2D eigenvalue weighted by molar-refractivity contribution is 9.10. The highest BCUT2D eigenvalue weighted by atomic mass is 79.9. The zero-order valence-corrected chi connectivity index (χ0v) is 24.1. The van der Waals surface area contributed by atoms with Gasteiger partial charge in [-0.05, 0) is 65.7 Å². The maximum atomic E-state index is 13.0. The van der Waals surface area contributed by atoms with Gasteiger partial charge in [-0.15, -0.1) is 0 Å². The van der Waals surface area contributed by atoms with Crippen molar-refractivity contribution < 1.29 is 23.7 Å². The van der Waals surface area contributed by atoms with Crippen LogP contribution in [-0.4, -0.2) is 59.4 Å². The van der Waals surface area contributed by atoms with Crippen LogP contribution in [0.4, 0.5) is 0 Å². The minimum atomic E-state index is -0.263. The Bertz CT molecular complexity index is 1490. The summed E-state index contributed by atoms with van der Waals surface area (Å²) in [4.78, 5) is 19.8. The molecule has 39 heavy (non-hydrogen) atoms. The molecule has 0 saturated carbocycles. The van der Waals surface area contributed by atoms with Crippen molar-refractivity contribution in [1.82, 2.24) is 19.5 Å². The third kappa shape index (κ3) is 5.25. The molecule has 4 aromatic rings. The predicted octanol–water partition coefficient (Wildman–Crippen LogP) is 5.56. The first-order valence-corrected chi connectivity index (χ1v) is 13.5. The normalized spacial score (nSPS) is 16.8. The van der Waals surface area contributed by atoms with Crippen LogP contribution in [0.2, 0.25) is 0 Å². The molecule has 9 nitrogen and oxygen atoms in total. The number of hydrogen-bond donors (Lipinski definition) is 0. The minimum absolute atomic E-state index is 0.00600. The number of fused-ring (bicyclic) bond motifs is 1. The number of aromatic nitrogens is 3. The fraction of sp³-hybridized carbons (Fsp3) is 0.345. The fourth-order valence-corrected chi connectivity index (χ4v) is 5.39. The van der Waals surface area contributed by atoms with Crippen LogP contribution in [0, 0.1) is 5.92 Å². The molecule has 3 atom stereocenters. The van der Waals surface area contributed by atoms with E-state index >= 15 is 0 Å². The van der Waals surface area contributed by atoms with E-state index < -0.39 is 0 Å². The van der Waals surface area contributed by atoms with Gasteiger partial charge in [0.25, 0.3) is 0 Å². The molecule has 204 valence electrons. The van der Waals surface area contributed by atoms with Crippen LogP contribution in [0.15, 0.2) is 59.3 Å². The average Bonchev–Trinajstić information content (AvgIpc) is 3.54. The van der Waals surface area contributed by atoms with E-state index in [9.17, 15) is 4.79 Å². The molecular weight excluding hydrogens is 564 g/mol. The lowest BCUT2D eigenvalue weighted by molar-refractivity contribution is -0.129. The number of hydrogen-bond acceptors (Lipinski definition) is 7. The maximum Gasteiger partial charge on any atom is 0.242 e. The lowest BCUT2D eigenvalue weighted by Crippen LogP contribution is -2.31. The van der Waals surface area contributed by atoms with Crippen molar-refractivity contribution in [1.29, 1.82) is 0 Å². The third-order valence-corrected chi connectivity index (χ3v) is 7.90. The SMILES string of the molecule is COc1ccc([C@@H](C)N2C[C@H]([C@@H](C)Oc3nc(-c4ccc(OC)c(OC)c4)cn4ncc(Br)c34)CC2=O)cc1. The molecule has 1 aliphatic rings. The number of likely N-dealkylation sites (tertiary alicyclic amines) is 1. The van der Waals surface area contributed by atoms with Gasteiger partial charge in [0.05, 0.1) is 49.9 Å². The quantitative estimate of drug-likeness (QED) is 0.250. The molecule has 1 fully saturated rings. The summed E-state index contributed by atoms with van der Waals surface area (Å²) in [5.74, 6) is 2.58. The van der Waals surface area contributed by atoms with Gasteiger partial charge in [-0.1, -0.05) is 12.1 Å². The number of amides is 1. The second-order valence-electron chi connectivity index (χ2n) is 9.57. The number of halogens is 1. The number of carbonyl (C=O) groups is 1. The van der Waals surface area contributed by atoms with Crippen molar-refractivity contribution in [2.45, 2.75) is 32.4 Å². The molecule has 10 heteroatoms. The van der Waals surface area contributed by atoms with Gasteiger partial charge in [0.2, 0.25) is 11.8 Å². The van der Waals surface area contributed by atoms with Gasteiger partial charge < -0.3 is 23.8 Å². The zero-order valence-electron chi connectivity index (χ0n) is 22.6. The lowest BCUT2D eigenvalue weighted by atomic mass is 10.0. The molecule has 1 saturated heterocycles. The molecule has 0 N–H and O–H groups in total. The second kappa shape index (κ2) is 11.1. The standard InChI is InChI=1S/C29H31BrN4O5/c1-17(19-6-9-22(36-3)10-7-19)33-15-21(13-27(33)35)18(2)39-29-28-23(30)14-31-34(28)16-24(32-29)20-8-11-25(37-4)26(12-20)38-5/h6-12,14,16-18,21H,13,15H2,1-5H3/t17-,18-,21-/m1/s1. The van der Waals surface area contributed by atoms with Gasteiger partial charge in [0, 0.05) is 24.4 Å². The molecule has 2 aromatic heterocycles. The van der Waals surface area contributed by atoms with E-state index in [0.29, 0.717) is 36.0 Å². The van der Waals surface area contributed by atoms with Crippen LogP contribution >= 0.6 is 15.9 Å². The Morgan fingerprint density at radius 3 is 2.44 bits per heavy atom. The van der Waals surface area contributed by atoms with E-state index in [-0.39, 0.29) is 24.0 Å². The highest BCUT2D eigenvalue weighted by Crippen LogP contribution is 2.36. The molecule has 1 amide bonds. The maximum absolute atomic E-state index is 13.0. The molecule has 1 aliphatic heterocycles. The Morgan fingerprint density at radius 1 is 1.00 bits per heavy atom. The third-order valence-electron chi connectivity index (χ3n) is 7.31. The summed E-state index contributed by atoms with van der Waals surface area (Å²) in [7, 11) is 4.84. The molecular formula is C29H31BrN4O5. The molecule has 0 radical (unpaired) electrons. The molecule has 3 heterocycles. The fourth-order valence-electron chi connectivity index (χ4n) is 4.95. The lowest BCUT2D eigenvalue weighted by Gasteiger charge is -2.26. The smallest absolute Gasteiger partial charge is 0.242 e. The Labute approximate surface area is 235 Å². The van der Waals surface area contributed by atoms with E-state index in [1.54, 1.807) is 32.0 Å². The van der Waals surface area contributed by atoms with Crippen LogP contribution < -0.4 is 18.9 Å². The second-order valence-corrected chi connectivity index (χ2v) is 10.4. The summed E-state index contributed by atoms with van der Waals surface area (Å²) < 4.78 is 25.1. The van der Waals surface area contributed by atoms with Crippen molar-refractivity contribution in [2.24, 2.45) is 5.92 Å². The van der Waals surface area contributed by atoms with Gasteiger partial charge in [0.1, 0.15) is 17.4 Å². The van der Waals surface area contributed by atoms with E-state index in [0.717, 1.165) is 26.9 Å². The van der Waals surface area contributed by atoms with Crippen LogP contribution in [0.1, 0.15) is 31.9 Å². The van der Waals surface area contributed by atoms with Crippen molar-refractivity contribution in [2.75, 3.05) is 27.9 Å². The first-order chi connectivity index (χ1) is 18.8. The van der Waals surface area contributed by atoms with Crippen molar-refractivity contribution in [3.63, 3.8) is 0 Å². The Balaban J connectivity index is 1.39. The van der Waals surface area contributed by atoms with Crippen LogP contribution in [-0.2, 0) is 4.79 Å². The molecule has 2 aromatic carbocycles. The number of ether oxygens (including phenoxy) is 4. The van der Waals surface area contributed by atoms with Crippen molar-refractivity contribution >= 4 is 27.4 Å². The van der Waals surface area contributed by atoms with Crippen molar-refractivity contribution in [3.05, 3.63) is 64.9 Å². The van der Waals surface area contributed by atoms with Crippen LogP contribution in [0.5, 0.6) is 23.1 Å². The first-order valence-electron chi connectivity index (χ1n) is 12.7. The van der Waals surface area contributed by atoms with Gasteiger partial charge in [-0.2, -0.15) is 5.10 Å². The van der Waals surface area contributed by atoms with Gasteiger partial charge in [-0.25, -0.2) is 9.50 Å². The van der Waals surface area contributed by atoms with Crippen LogP contribution in [0.25, 0.3) is 16.8 Å². The summed E-state index contributed by atoms with van der Waals surface area (Å²) in [6, 6.07) is 13.4. The largest absolute Gasteiger partial charge is 0.497 e. The van der Waals surface area contributed by atoms with E-state index in [4.69, 9.17) is 23.9 Å². The average molecular weight is 595 g/mol. The summed E-state index contributed by atoms with van der Waals surface area (Å²) >= 11 is 3.58. The first kappa shape index (κ1) is 26.8. The number of rotatable bonds is 9. The van der Waals surface area contributed by atoms with E-state index in [1.807, 2.05) is 60.5 Å². The topological polar surface area (TPSA) is 87.4 Å². The van der Waals surface area contributed by atoms with Crippen molar-refractivity contribution in [3.8, 4) is 34.4 Å². The summed E-state index contributed by atoms with van der Waals surface area (Å²) in [6.45, 7) is 4.64. The summed E-state index contributed by atoms with van der Waals surface area (Å²) in [5.41, 5.74) is 3.28. The van der Waals surface area contributed by atoms with E-state index in [2.05, 4.69) is 28.0 Å². The van der Waals surface area contributed by atoms with Gasteiger partial charge >= 0.3 is 0 Å². The molecule has 0 aliphatic carbocycles. The molecule has 5 rings (SSSR count). The highest BCUT2D eigenvalue weighted by Gasteiger charge is 2.37.